The average molecular weight is 520 g/mol. The molecule has 1 amide bonds. The van der Waals surface area contributed by atoms with E-state index in [0.717, 1.165) is 31.6 Å². The second-order valence-electron chi connectivity index (χ2n) is 7.99. The lowest BCUT2D eigenvalue weighted by atomic mass is 10.2. The van der Waals surface area contributed by atoms with E-state index in [1.807, 2.05) is 14.1 Å². The van der Waals surface area contributed by atoms with Crippen molar-refractivity contribution in [3.8, 4) is 11.6 Å². The van der Waals surface area contributed by atoms with Crippen LogP contribution in [0.15, 0.2) is 60.8 Å². The maximum absolute atomic E-state index is 13.0. The molecule has 2 aromatic carbocycles. The Morgan fingerprint density at radius 1 is 1.17 bits per heavy atom. The number of halogens is 4. The molecule has 36 heavy (non-hydrogen) atoms. The lowest BCUT2D eigenvalue weighted by Crippen LogP contribution is -2.17. The van der Waals surface area contributed by atoms with Crippen LogP contribution in [0.3, 0.4) is 0 Å². The van der Waals surface area contributed by atoms with Crippen LogP contribution in [0, 0.1) is 0 Å². The minimum atomic E-state index is -4.62. The number of aromatic nitrogens is 2. The van der Waals surface area contributed by atoms with Gasteiger partial charge in [-0.15, -0.1) is 0 Å². The maximum atomic E-state index is 13.0. The molecule has 0 spiro atoms. The molecule has 190 valence electrons. The van der Waals surface area contributed by atoms with E-state index in [-0.39, 0.29) is 5.69 Å². The number of hydrogen-bond donors (Lipinski definition) is 2. The molecule has 1 aromatic heterocycles. The Labute approximate surface area is 212 Å². The maximum Gasteiger partial charge on any atom is 0.417 e. The number of nitrogens with zero attached hydrogens (tertiary/aromatic N) is 3. The minimum absolute atomic E-state index is 0.0200. The van der Waals surface area contributed by atoms with Gasteiger partial charge in [-0.05, 0) is 69.0 Å². The summed E-state index contributed by atoms with van der Waals surface area (Å²) in [6.07, 6.45) is 0.624. The van der Waals surface area contributed by atoms with E-state index in [9.17, 15) is 18.0 Å². The summed E-state index contributed by atoms with van der Waals surface area (Å²) in [5.74, 6) is 0.692. The van der Waals surface area contributed by atoms with Crippen LogP contribution in [0.2, 0.25) is 5.02 Å². The summed E-state index contributed by atoms with van der Waals surface area (Å²) in [6.45, 7) is 1.66. The van der Waals surface area contributed by atoms with Crippen LogP contribution in [-0.4, -0.2) is 48.0 Å². The first-order valence-electron chi connectivity index (χ1n) is 11.0. The summed E-state index contributed by atoms with van der Waals surface area (Å²) < 4.78 is 44.8. The Morgan fingerprint density at radius 2 is 1.97 bits per heavy atom. The van der Waals surface area contributed by atoms with Gasteiger partial charge in [0.05, 0.1) is 10.6 Å². The highest BCUT2D eigenvalue weighted by molar-refractivity contribution is 6.31. The number of amides is 1. The van der Waals surface area contributed by atoms with Crippen molar-refractivity contribution >= 4 is 35.2 Å². The topological polar surface area (TPSA) is 79.4 Å². The standard InChI is InChI=1S/C25H25ClF3N5O2/c1-34(2)14-4-12-30-24-31-13-11-23(33-24)36-19-6-3-5-17(15-19)7-10-22(35)32-18-8-9-21(26)20(16-18)25(27,28)29/h3,5-11,13,15-16H,4,12,14H2,1-2H3,(H,32,35)(H,30,31,33). The second kappa shape index (κ2) is 12.4. The number of carbonyl (C=O) groups is 1. The number of hydrogen-bond acceptors (Lipinski definition) is 6. The Morgan fingerprint density at radius 3 is 2.72 bits per heavy atom. The molecule has 7 nitrogen and oxygen atoms in total. The zero-order valence-electron chi connectivity index (χ0n) is 19.6. The highest BCUT2D eigenvalue weighted by Crippen LogP contribution is 2.36. The number of alkyl halides is 3. The Kier molecular flexibility index (Phi) is 9.26. The van der Waals surface area contributed by atoms with Crippen LogP contribution in [-0.2, 0) is 11.0 Å². The van der Waals surface area contributed by atoms with Crippen molar-refractivity contribution < 1.29 is 22.7 Å². The summed E-state index contributed by atoms with van der Waals surface area (Å²) in [6, 6.07) is 11.7. The Hall–Kier alpha value is -3.63. The fraction of sp³-hybridized carbons (Fsp3) is 0.240. The van der Waals surface area contributed by atoms with Crippen LogP contribution in [0.25, 0.3) is 6.08 Å². The molecule has 2 N–H and O–H groups in total. The van der Waals surface area contributed by atoms with E-state index >= 15 is 0 Å². The van der Waals surface area contributed by atoms with E-state index in [1.54, 1.807) is 36.5 Å². The van der Waals surface area contributed by atoms with E-state index in [1.165, 1.54) is 18.2 Å². The van der Waals surface area contributed by atoms with Gasteiger partial charge in [0.2, 0.25) is 17.7 Å². The molecule has 0 unspecified atom stereocenters. The van der Waals surface area contributed by atoms with Crippen molar-refractivity contribution in [2.45, 2.75) is 12.6 Å². The van der Waals surface area contributed by atoms with E-state index < -0.39 is 22.7 Å². The van der Waals surface area contributed by atoms with Gasteiger partial charge in [0.15, 0.2) is 0 Å². The molecule has 0 aliphatic carbocycles. The monoisotopic (exact) mass is 519 g/mol. The van der Waals surface area contributed by atoms with Crippen molar-refractivity contribution in [1.82, 2.24) is 14.9 Å². The third-order valence-corrected chi connectivity index (χ3v) is 5.07. The molecule has 0 aliphatic heterocycles. The van der Waals surface area contributed by atoms with Gasteiger partial charge in [-0.3, -0.25) is 4.79 Å². The number of benzene rings is 2. The number of rotatable bonds is 10. The molecule has 3 aromatic rings. The number of carbonyl (C=O) groups excluding carboxylic acids is 1. The molecule has 0 radical (unpaired) electrons. The van der Waals surface area contributed by atoms with E-state index in [0.29, 0.717) is 23.1 Å². The SMILES string of the molecule is CN(C)CCCNc1nccc(Oc2cccc(C=CC(=O)Nc3ccc(Cl)c(C(F)(F)F)c3)c2)n1. The third-order valence-electron chi connectivity index (χ3n) is 4.74. The fourth-order valence-electron chi connectivity index (χ4n) is 3.06. The van der Waals surface area contributed by atoms with Gasteiger partial charge in [0.1, 0.15) is 5.75 Å². The average Bonchev–Trinajstić information content (AvgIpc) is 2.81. The van der Waals surface area contributed by atoms with Gasteiger partial charge in [-0.25, -0.2) is 4.98 Å². The molecule has 3 rings (SSSR count). The second-order valence-corrected chi connectivity index (χ2v) is 8.40. The van der Waals surface area contributed by atoms with Gasteiger partial charge in [0.25, 0.3) is 0 Å². The molecular formula is C25H25ClF3N5O2. The normalized spacial score (nSPS) is 11.6. The summed E-state index contributed by atoms with van der Waals surface area (Å²) >= 11 is 5.61. The molecule has 1 heterocycles. The summed E-state index contributed by atoms with van der Waals surface area (Å²) in [4.78, 5) is 22.8. The van der Waals surface area contributed by atoms with Gasteiger partial charge < -0.3 is 20.3 Å². The van der Waals surface area contributed by atoms with Gasteiger partial charge in [-0.1, -0.05) is 23.7 Å². The molecule has 0 atom stereocenters. The lowest BCUT2D eigenvalue weighted by Gasteiger charge is -2.11. The van der Waals surface area contributed by atoms with Gasteiger partial charge in [0, 0.05) is 30.6 Å². The Balaban J connectivity index is 1.60. The number of anilines is 2. The van der Waals surface area contributed by atoms with E-state index in [4.69, 9.17) is 16.3 Å². The number of nitrogens with one attached hydrogen (secondary N) is 2. The van der Waals surface area contributed by atoms with Crippen molar-refractivity contribution in [1.29, 1.82) is 0 Å². The zero-order valence-corrected chi connectivity index (χ0v) is 20.4. The fourth-order valence-corrected chi connectivity index (χ4v) is 3.28. The lowest BCUT2D eigenvalue weighted by molar-refractivity contribution is -0.137. The van der Waals surface area contributed by atoms with Gasteiger partial charge in [-0.2, -0.15) is 18.2 Å². The van der Waals surface area contributed by atoms with Gasteiger partial charge >= 0.3 is 6.18 Å². The van der Waals surface area contributed by atoms with Crippen molar-refractivity contribution in [2.24, 2.45) is 0 Å². The van der Waals surface area contributed by atoms with Crippen LogP contribution in [0.1, 0.15) is 17.5 Å². The first-order valence-corrected chi connectivity index (χ1v) is 11.3. The molecular weight excluding hydrogens is 495 g/mol. The van der Waals surface area contributed by atoms with Crippen LogP contribution in [0.4, 0.5) is 24.8 Å². The predicted molar refractivity (Wildman–Crippen MR) is 134 cm³/mol. The largest absolute Gasteiger partial charge is 0.439 e. The molecule has 0 saturated carbocycles. The predicted octanol–water partition coefficient (Wildman–Crippen LogP) is 5.96. The third kappa shape index (κ3) is 8.54. The minimum Gasteiger partial charge on any atom is -0.439 e. The summed E-state index contributed by atoms with van der Waals surface area (Å²) in [7, 11) is 4.01. The van der Waals surface area contributed by atoms with Crippen molar-refractivity contribution in [2.75, 3.05) is 37.8 Å². The molecule has 0 aliphatic rings. The molecule has 0 bridgehead atoms. The molecule has 11 heteroatoms. The van der Waals surface area contributed by atoms with Crippen molar-refractivity contribution in [3.05, 3.63) is 77.0 Å². The first kappa shape index (κ1) is 27.0. The molecule has 0 saturated heterocycles. The number of ether oxygens (including phenoxy) is 1. The highest BCUT2D eigenvalue weighted by atomic mass is 35.5. The summed E-state index contributed by atoms with van der Waals surface area (Å²) in [5, 5.41) is 5.11. The van der Waals surface area contributed by atoms with Crippen LogP contribution < -0.4 is 15.4 Å². The van der Waals surface area contributed by atoms with Crippen LogP contribution >= 0.6 is 11.6 Å². The van der Waals surface area contributed by atoms with Crippen molar-refractivity contribution in [3.63, 3.8) is 0 Å². The summed E-state index contributed by atoms with van der Waals surface area (Å²) in [5.41, 5.74) is -0.397. The highest BCUT2D eigenvalue weighted by Gasteiger charge is 2.33. The smallest absolute Gasteiger partial charge is 0.417 e. The Bertz CT molecular complexity index is 1220. The zero-order chi connectivity index (χ0) is 26.1. The molecule has 0 fully saturated rings. The quantitative estimate of drug-likeness (QED) is 0.254. The first-order chi connectivity index (χ1) is 17.1. The van der Waals surface area contributed by atoms with Crippen LogP contribution in [0.5, 0.6) is 11.6 Å². The van der Waals surface area contributed by atoms with E-state index in [2.05, 4.69) is 25.5 Å².